The van der Waals surface area contributed by atoms with Crippen molar-refractivity contribution in [3.63, 3.8) is 0 Å². The van der Waals surface area contributed by atoms with Gasteiger partial charge < -0.3 is 8.83 Å². The highest BCUT2D eigenvalue weighted by Crippen LogP contribution is 2.47. The summed E-state index contributed by atoms with van der Waals surface area (Å²) < 4.78 is 15.7. The number of hydrogen-bond donors (Lipinski definition) is 0. The molecule has 0 N–H and O–H groups in total. The minimum atomic E-state index is 0.509. The van der Waals surface area contributed by atoms with Gasteiger partial charge in [-0.15, -0.1) is 0 Å². The normalized spacial score (nSPS) is 12.3. The lowest BCUT2D eigenvalue weighted by atomic mass is 9.98. The first kappa shape index (κ1) is 26.9. The quantitative estimate of drug-likeness (QED) is 0.187. The molecule has 0 aliphatic heterocycles. The van der Waals surface area contributed by atoms with Crippen LogP contribution in [0.3, 0.4) is 0 Å². The van der Waals surface area contributed by atoms with E-state index < -0.39 is 0 Å². The second-order valence-corrected chi connectivity index (χ2v) is 13.3. The first-order valence-electron chi connectivity index (χ1n) is 17.2. The van der Waals surface area contributed by atoms with Crippen LogP contribution in [-0.4, -0.2) is 14.5 Å². The van der Waals surface area contributed by atoms with Gasteiger partial charge in [-0.2, -0.15) is 0 Å². The molecule has 0 unspecified atom stereocenters. The molecule has 0 aliphatic rings. The van der Waals surface area contributed by atoms with Crippen LogP contribution in [0.15, 0.2) is 160 Å². The number of nitrogens with zero attached hydrogens (tertiary/aromatic N) is 3. The molecule has 5 heteroatoms. The number of benzene rings is 8. The van der Waals surface area contributed by atoms with E-state index in [1.165, 1.54) is 10.8 Å². The standard InChI is InChI=1S/C46H25N3O2/c1-2-14-28-25-38-35(24-27(28)13-1)40-31-18-6-5-17-30(31)39-33-19-7-9-22-36(33)49(43(39)44(40)50-38)45-41(32-21-11-15-26-12-3-4-16-29(26)32)48-46-42(47-45)34-20-8-10-23-37(34)51-46/h1-25H. The fourth-order valence-corrected chi connectivity index (χ4v) is 8.37. The number of aromatic nitrogens is 3. The van der Waals surface area contributed by atoms with Gasteiger partial charge in [-0.05, 0) is 62.6 Å². The summed E-state index contributed by atoms with van der Waals surface area (Å²) in [6.07, 6.45) is 0. The summed E-state index contributed by atoms with van der Waals surface area (Å²) in [7, 11) is 0. The second-order valence-electron chi connectivity index (χ2n) is 13.3. The minimum Gasteiger partial charge on any atom is -0.454 e. The Hall–Kier alpha value is -6.98. The van der Waals surface area contributed by atoms with Crippen LogP contribution in [0.4, 0.5) is 0 Å². The summed E-state index contributed by atoms with van der Waals surface area (Å²) in [4.78, 5) is 10.9. The van der Waals surface area contributed by atoms with Crippen molar-refractivity contribution < 1.29 is 8.83 Å². The fourth-order valence-electron chi connectivity index (χ4n) is 8.37. The maximum atomic E-state index is 7.04. The van der Waals surface area contributed by atoms with E-state index in [-0.39, 0.29) is 0 Å². The van der Waals surface area contributed by atoms with Crippen molar-refractivity contribution in [2.24, 2.45) is 0 Å². The smallest absolute Gasteiger partial charge is 0.247 e. The molecule has 4 heterocycles. The number of rotatable bonds is 2. The zero-order chi connectivity index (χ0) is 33.2. The van der Waals surface area contributed by atoms with Gasteiger partial charge in [0, 0.05) is 32.5 Å². The third-order valence-electron chi connectivity index (χ3n) is 10.6. The lowest BCUT2D eigenvalue weighted by Gasteiger charge is -2.14. The molecule has 0 aliphatic carbocycles. The van der Waals surface area contributed by atoms with Crippen molar-refractivity contribution in [3.05, 3.63) is 152 Å². The van der Waals surface area contributed by atoms with Crippen molar-refractivity contribution in [2.75, 3.05) is 0 Å². The lowest BCUT2D eigenvalue weighted by molar-refractivity contribution is 0.653. The van der Waals surface area contributed by atoms with Crippen molar-refractivity contribution in [1.29, 1.82) is 0 Å². The third-order valence-corrected chi connectivity index (χ3v) is 10.6. The van der Waals surface area contributed by atoms with E-state index in [2.05, 4.69) is 138 Å². The number of para-hydroxylation sites is 2. The van der Waals surface area contributed by atoms with Crippen LogP contribution in [0.2, 0.25) is 0 Å². The molecular formula is C46H25N3O2. The van der Waals surface area contributed by atoms with E-state index >= 15 is 0 Å². The topological polar surface area (TPSA) is 57.0 Å². The molecule has 0 amide bonds. The summed E-state index contributed by atoms with van der Waals surface area (Å²) in [5.74, 6) is 0.721. The van der Waals surface area contributed by atoms with Crippen molar-refractivity contribution in [2.45, 2.75) is 0 Å². The summed E-state index contributed by atoms with van der Waals surface area (Å²) in [5, 5.41) is 12.2. The molecule has 236 valence electrons. The van der Waals surface area contributed by atoms with E-state index in [1.807, 2.05) is 18.2 Å². The Labute approximate surface area is 289 Å². The van der Waals surface area contributed by atoms with Crippen molar-refractivity contribution in [3.8, 4) is 17.1 Å². The van der Waals surface area contributed by atoms with E-state index in [9.17, 15) is 0 Å². The highest BCUT2D eigenvalue weighted by molar-refractivity contribution is 6.35. The average molecular weight is 652 g/mol. The molecule has 0 spiro atoms. The minimum absolute atomic E-state index is 0.509. The molecule has 0 atom stereocenters. The number of furan rings is 2. The Balaban J connectivity index is 1.34. The van der Waals surface area contributed by atoms with Crippen molar-refractivity contribution >= 4 is 98.3 Å². The zero-order valence-corrected chi connectivity index (χ0v) is 27.1. The molecular weight excluding hydrogens is 627 g/mol. The van der Waals surface area contributed by atoms with Gasteiger partial charge in [-0.1, -0.05) is 121 Å². The summed E-state index contributed by atoms with van der Waals surface area (Å²) in [6, 6.07) is 53.1. The van der Waals surface area contributed by atoms with Crippen LogP contribution < -0.4 is 0 Å². The highest BCUT2D eigenvalue weighted by Gasteiger charge is 2.27. The largest absolute Gasteiger partial charge is 0.454 e. The van der Waals surface area contributed by atoms with Gasteiger partial charge in [0.15, 0.2) is 11.4 Å². The first-order valence-corrected chi connectivity index (χ1v) is 17.2. The predicted molar refractivity (Wildman–Crippen MR) is 209 cm³/mol. The maximum Gasteiger partial charge on any atom is 0.247 e. The van der Waals surface area contributed by atoms with Gasteiger partial charge in [0.25, 0.3) is 0 Å². The van der Waals surface area contributed by atoms with Crippen LogP contribution in [0.1, 0.15) is 0 Å². The Morgan fingerprint density at radius 1 is 0.451 bits per heavy atom. The number of hydrogen-bond acceptors (Lipinski definition) is 4. The lowest BCUT2D eigenvalue weighted by Crippen LogP contribution is -2.03. The Bertz CT molecular complexity index is 3430. The molecule has 12 rings (SSSR count). The monoisotopic (exact) mass is 651 g/mol. The predicted octanol–water partition coefficient (Wildman–Crippen LogP) is 12.5. The van der Waals surface area contributed by atoms with Crippen LogP contribution in [0.5, 0.6) is 0 Å². The first-order chi connectivity index (χ1) is 25.3. The molecule has 4 aromatic heterocycles. The Morgan fingerprint density at radius 2 is 1.10 bits per heavy atom. The molecule has 0 saturated carbocycles. The van der Waals surface area contributed by atoms with E-state index in [0.29, 0.717) is 5.71 Å². The van der Waals surface area contributed by atoms with Crippen molar-refractivity contribution in [1.82, 2.24) is 14.5 Å². The van der Waals surface area contributed by atoms with Gasteiger partial charge in [0.05, 0.1) is 11.0 Å². The van der Waals surface area contributed by atoms with Crippen LogP contribution in [0.25, 0.3) is 115 Å². The van der Waals surface area contributed by atoms with Gasteiger partial charge in [-0.3, -0.25) is 4.57 Å². The van der Waals surface area contributed by atoms with Gasteiger partial charge >= 0.3 is 0 Å². The SMILES string of the molecule is c1ccc2cc3c(cc2c1)oc1c3c2ccccc2c2c3ccccc3n(-c3nc4c(nc3-c3cccc5ccccc35)oc3ccccc34)c12. The van der Waals surface area contributed by atoms with Gasteiger partial charge in [0.1, 0.15) is 22.4 Å². The van der Waals surface area contributed by atoms with E-state index in [4.69, 9.17) is 18.8 Å². The summed E-state index contributed by atoms with van der Waals surface area (Å²) >= 11 is 0. The van der Waals surface area contributed by atoms with E-state index in [1.54, 1.807) is 0 Å². The second kappa shape index (κ2) is 9.80. The Kier molecular flexibility index (Phi) is 5.17. The molecule has 0 fully saturated rings. The maximum absolute atomic E-state index is 7.04. The molecule has 0 bridgehead atoms. The van der Waals surface area contributed by atoms with Crippen LogP contribution >= 0.6 is 0 Å². The molecule has 8 aromatic carbocycles. The molecule has 5 nitrogen and oxygen atoms in total. The number of fused-ring (bicyclic) bond motifs is 15. The Morgan fingerprint density at radius 3 is 1.94 bits per heavy atom. The molecule has 12 aromatic rings. The molecule has 0 saturated heterocycles. The molecule has 51 heavy (non-hydrogen) atoms. The van der Waals surface area contributed by atoms with Crippen LogP contribution in [-0.2, 0) is 0 Å². The third kappa shape index (κ3) is 3.59. The van der Waals surface area contributed by atoms with Gasteiger partial charge in [-0.25, -0.2) is 9.97 Å². The average Bonchev–Trinajstić information content (AvgIpc) is 3.85. The highest BCUT2D eigenvalue weighted by atomic mass is 16.3. The molecule has 0 radical (unpaired) electrons. The van der Waals surface area contributed by atoms with Gasteiger partial charge in [0.2, 0.25) is 5.71 Å². The fraction of sp³-hybridized carbons (Fsp3) is 0. The van der Waals surface area contributed by atoms with E-state index in [0.717, 1.165) is 98.9 Å². The van der Waals surface area contributed by atoms with Crippen LogP contribution in [0, 0.1) is 0 Å². The summed E-state index contributed by atoms with van der Waals surface area (Å²) in [5.41, 5.74) is 7.39. The zero-order valence-electron chi connectivity index (χ0n) is 27.1. The summed E-state index contributed by atoms with van der Waals surface area (Å²) in [6.45, 7) is 0.